The van der Waals surface area contributed by atoms with Crippen molar-refractivity contribution in [3.8, 4) is 0 Å². The molecule has 0 saturated heterocycles. The predicted molar refractivity (Wildman–Crippen MR) is 98.4 cm³/mol. The van der Waals surface area contributed by atoms with Crippen LogP contribution in [0.4, 0.5) is 0 Å². The van der Waals surface area contributed by atoms with E-state index >= 15 is 0 Å². The number of oxazole rings is 1. The molecule has 0 spiro atoms. The maximum Gasteiger partial charge on any atom is 0.216 e. The summed E-state index contributed by atoms with van der Waals surface area (Å²) in [5, 5.41) is 6.66. The number of nitrogens with zero attached hydrogens (tertiary/aromatic N) is 2. The van der Waals surface area contributed by atoms with E-state index in [1.807, 2.05) is 13.8 Å². The molecule has 1 aromatic heterocycles. The van der Waals surface area contributed by atoms with Gasteiger partial charge in [0.15, 0.2) is 5.96 Å². The fourth-order valence-corrected chi connectivity index (χ4v) is 2.44. The van der Waals surface area contributed by atoms with Crippen molar-refractivity contribution in [2.24, 2.45) is 4.99 Å². The first-order valence-corrected chi connectivity index (χ1v) is 8.51. The first-order valence-electron chi connectivity index (χ1n) is 8.51. The van der Waals surface area contributed by atoms with E-state index < -0.39 is 0 Å². The third-order valence-electron chi connectivity index (χ3n) is 3.98. The largest absolute Gasteiger partial charge is 0.444 e. The molecule has 0 aliphatic heterocycles. The van der Waals surface area contributed by atoms with Crippen molar-refractivity contribution in [2.75, 3.05) is 13.1 Å². The zero-order valence-electron chi connectivity index (χ0n) is 15.3. The van der Waals surface area contributed by atoms with Crippen molar-refractivity contribution in [3.63, 3.8) is 0 Å². The van der Waals surface area contributed by atoms with Gasteiger partial charge >= 0.3 is 0 Å². The highest BCUT2D eigenvalue weighted by Gasteiger charge is 2.08. The normalized spacial score (nSPS) is 13.0. The first kappa shape index (κ1) is 18.0. The van der Waals surface area contributed by atoms with Gasteiger partial charge in [-0.3, -0.25) is 0 Å². The molecule has 1 unspecified atom stereocenters. The summed E-state index contributed by atoms with van der Waals surface area (Å²) in [5.41, 5.74) is 3.54. The van der Waals surface area contributed by atoms with Crippen LogP contribution >= 0.6 is 0 Å². The van der Waals surface area contributed by atoms with Crippen LogP contribution in [0, 0.1) is 20.8 Å². The molecule has 1 aromatic carbocycles. The average molecular weight is 328 g/mol. The lowest BCUT2D eigenvalue weighted by molar-refractivity contribution is 0.472. The molecule has 0 radical (unpaired) electrons. The molecule has 2 rings (SSSR count). The van der Waals surface area contributed by atoms with Crippen molar-refractivity contribution in [1.82, 2.24) is 15.6 Å². The van der Waals surface area contributed by atoms with Crippen LogP contribution < -0.4 is 10.6 Å². The van der Waals surface area contributed by atoms with Crippen LogP contribution in [0.15, 0.2) is 33.7 Å². The number of aryl methyl sites for hydroxylation is 3. The van der Waals surface area contributed by atoms with Gasteiger partial charge in [0.2, 0.25) is 5.89 Å². The molecule has 0 bridgehead atoms. The summed E-state index contributed by atoms with van der Waals surface area (Å²) in [6, 6.07) is 8.62. The Hall–Kier alpha value is -2.30. The van der Waals surface area contributed by atoms with E-state index in [-0.39, 0.29) is 0 Å². The second-order valence-corrected chi connectivity index (χ2v) is 6.14. The molecule has 1 heterocycles. The van der Waals surface area contributed by atoms with Gasteiger partial charge in [0, 0.05) is 13.1 Å². The molecule has 130 valence electrons. The van der Waals surface area contributed by atoms with Crippen LogP contribution in [0.5, 0.6) is 0 Å². The number of aromatic nitrogens is 1. The van der Waals surface area contributed by atoms with Crippen molar-refractivity contribution in [3.05, 3.63) is 52.7 Å². The van der Waals surface area contributed by atoms with E-state index in [1.165, 1.54) is 11.1 Å². The second-order valence-electron chi connectivity index (χ2n) is 6.14. The van der Waals surface area contributed by atoms with Gasteiger partial charge in [-0.25, -0.2) is 9.98 Å². The highest BCUT2D eigenvalue weighted by molar-refractivity contribution is 5.79. The molecule has 2 N–H and O–H groups in total. The minimum absolute atomic E-state index is 0.403. The molecule has 0 fully saturated rings. The minimum Gasteiger partial charge on any atom is -0.444 e. The fraction of sp³-hybridized carbons (Fsp3) is 0.474. The van der Waals surface area contributed by atoms with E-state index in [0.29, 0.717) is 18.4 Å². The molecule has 0 aliphatic rings. The standard InChI is InChI=1S/C19H28N4O/c1-6-20-19(22-12-18-23-15(4)16(5)24-18)21-11-14(3)17-9-7-8-13(2)10-17/h7-10,14H,6,11-12H2,1-5H3,(H2,20,21,22). The number of hydrogen-bond donors (Lipinski definition) is 2. The number of aliphatic imine (C=N–C) groups is 1. The van der Waals surface area contributed by atoms with Crippen molar-refractivity contribution in [1.29, 1.82) is 0 Å². The third kappa shape index (κ3) is 5.11. The van der Waals surface area contributed by atoms with Gasteiger partial charge in [-0.15, -0.1) is 0 Å². The highest BCUT2D eigenvalue weighted by Crippen LogP contribution is 2.15. The van der Waals surface area contributed by atoms with Gasteiger partial charge in [-0.05, 0) is 39.2 Å². The van der Waals surface area contributed by atoms with Crippen molar-refractivity contribution < 1.29 is 4.42 Å². The highest BCUT2D eigenvalue weighted by atomic mass is 16.4. The smallest absolute Gasteiger partial charge is 0.216 e. The molecule has 0 amide bonds. The van der Waals surface area contributed by atoms with E-state index in [1.54, 1.807) is 0 Å². The van der Waals surface area contributed by atoms with Crippen LogP contribution in [-0.4, -0.2) is 24.0 Å². The number of rotatable bonds is 6. The van der Waals surface area contributed by atoms with Gasteiger partial charge in [-0.2, -0.15) is 0 Å². The molecule has 0 saturated carbocycles. The van der Waals surface area contributed by atoms with Crippen LogP contribution in [0.25, 0.3) is 0 Å². The number of benzene rings is 1. The number of guanidine groups is 1. The van der Waals surface area contributed by atoms with Gasteiger partial charge < -0.3 is 15.1 Å². The first-order chi connectivity index (χ1) is 11.5. The molecular formula is C19H28N4O. The summed E-state index contributed by atoms with van der Waals surface area (Å²) in [6.45, 7) is 12.3. The van der Waals surface area contributed by atoms with Gasteiger partial charge in [-0.1, -0.05) is 36.8 Å². The van der Waals surface area contributed by atoms with Crippen LogP contribution in [0.2, 0.25) is 0 Å². The molecule has 2 aromatic rings. The Kier molecular flexibility index (Phi) is 6.41. The Bertz CT molecular complexity index is 671. The summed E-state index contributed by atoms with van der Waals surface area (Å²) in [6.07, 6.45) is 0. The Morgan fingerprint density at radius 1 is 1.25 bits per heavy atom. The van der Waals surface area contributed by atoms with Gasteiger partial charge in [0.25, 0.3) is 0 Å². The topological polar surface area (TPSA) is 62.5 Å². The molecule has 1 atom stereocenters. The van der Waals surface area contributed by atoms with E-state index in [9.17, 15) is 0 Å². The van der Waals surface area contributed by atoms with Crippen molar-refractivity contribution in [2.45, 2.75) is 47.1 Å². The summed E-state index contributed by atoms with van der Waals surface area (Å²) in [5.74, 6) is 2.69. The maximum atomic E-state index is 5.58. The summed E-state index contributed by atoms with van der Waals surface area (Å²) < 4.78 is 5.58. The van der Waals surface area contributed by atoms with Crippen LogP contribution in [0.1, 0.15) is 48.2 Å². The lowest BCUT2D eigenvalue weighted by atomic mass is 9.99. The number of hydrogen-bond acceptors (Lipinski definition) is 3. The monoisotopic (exact) mass is 328 g/mol. The zero-order chi connectivity index (χ0) is 17.5. The number of nitrogens with one attached hydrogen (secondary N) is 2. The van der Waals surface area contributed by atoms with Crippen molar-refractivity contribution >= 4 is 5.96 Å². The SMILES string of the molecule is CCNC(=NCc1nc(C)c(C)o1)NCC(C)c1cccc(C)c1. The van der Waals surface area contributed by atoms with Crippen LogP contribution in [0.3, 0.4) is 0 Å². The van der Waals surface area contributed by atoms with Gasteiger partial charge in [0.05, 0.1) is 5.69 Å². The molecule has 0 aliphatic carbocycles. The Labute approximate surface area is 144 Å². The summed E-state index contributed by atoms with van der Waals surface area (Å²) in [7, 11) is 0. The zero-order valence-corrected chi connectivity index (χ0v) is 15.3. The lowest BCUT2D eigenvalue weighted by Gasteiger charge is -2.16. The Morgan fingerprint density at radius 3 is 2.67 bits per heavy atom. The third-order valence-corrected chi connectivity index (χ3v) is 3.98. The summed E-state index contributed by atoms with van der Waals surface area (Å²) >= 11 is 0. The molecule has 5 nitrogen and oxygen atoms in total. The molecule has 24 heavy (non-hydrogen) atoms. The Morgan fingerprint density at radius 2 is 2.04 bits per heavy atom. The second kappa shape index (κ2) is 8.52. The molecule has 5 heteroatoms. The quantitative estimate of drug-likeness (QED) is 0.630. The van der Waals surface area contributed by atoms with Gasteiger partial charge in [0.1, 0.15) is 12.3 Å². The van der Waals surface area contributed by atoms with E-state index in [2.05, 4.69) is 65.6 Å². The van der Waals surface area contributed by atoms with E-state index in [0.717, 1.165) is 30.5 Å². The maximum absolute atomic E-state index is 5.58. The molecular weight excluding hydrogens is 300 g/mol. The summed E-state index contributed by atoms with van der Waals surface area (Å²) in [4.78, 5) is 8.93. The van der Waals surface area contributed by atoms with Crippen LogP contribution in [-0.2, 0) is 6.54 Å². The Balaban J connectivity index is 1.96. The minimum atomic E-state index is 0.403. The van der Waals surface area contributed by atoms with E-state index in [4.69, 9.17) is 4.42 Å². The fourth-order valence-electron chi connectivity index (χ4n) is 2.44. The average Bonchev–Trinajstić information content (AvgIpc) is 2.88. The lowest BCUT2D eigenvalue weighted by Crippen LogP contribution is -2.39. The predicted octanol–water partition coefficient (Wildman–Crippen LogP) is 3.46.